The first-order chi connectivity index (χ1) is 15.2. The Morgan fingerprint density at radius 3 is 1.87 bits per heavy atom. The Morgan fingerprint density at radius 2 is 1.26 bits per heavy atom. The monoisotopic (exact) mass is 424 g/mol. The van der Waals surface area contributed by atoms with Crippen LogP contribution < -0.4 is 4.74 Å². The molecule has 5 rings (SSSR count). The largest absolute Gasteiger partial charge is 0.476 e. The van der Waals surface area contributed by atoms with Crippen molar-refractivity contribution in [3.63, 3.8) is 0 Å². The van der Waals surface area contributed by atoms with Crippen LogP contribution in [0.2, 0.25) is 0 Å². The molecule has 1 N–H and O–H groups in total. The van der Waals surface area contributed by atoms with Crippen molar-refractivity contribution in [2.45, 2.75) is 28.8 Å². The summed E-state index contributed by atoms with van der Waals surface area (Å²) < 4.78 is 6.89. The summed E-state index contributed by atoms with van der Waals surface area (Å²) in [6.45, 7) is 2.08. The number of para-hydroxylation sites is 1. The Hall–Kier alpha value is -3.01. The van der Waals surface area contributed by atoms with Crippen molar-refractivity contribution in [1.82, 2.24) is 0 Å². The number of aryl methyl sites for hydroxylation is 1. The first-order valence-corrected chi connectivity index (χ1v) is 11.4. The van der Waals surface area contributed by atoms with Gasteiger partial charge in [0.05, 0.1) is 11.4 Å². The summed E-state index contributed by atoms with van der Waals surface area (Å²) in [7, 11) is 0. The Kier molecular flexibility index (Phi) is 5.31. The number of aliphatic hydroxyl groups excluding tert-OH is 1. The zero-order chi connectivity index (χ0) is 21.3. The normalized spacial score (nSPS) is 19.3. The van der Waals surface area contributed by atoms with E-state index in [1.165, 1.54) is 5.56 Å². The molecule has 3 heteroatoms. The van der Waals surface area contributed by atoms with Crippen molar-refractivity contribution < 1.29 is 9.84 Å². The highest BCUT2D eigenvalue weighted by molar-refractivity contribution is 8.00. The highest BCUT2D eigenvalue weighted by Crippen LogP contribution is 2.54. The predicted molar refractivity (Wildman–Crippen MR) is 127 cm³/mol. The van der Waals surface area contributed by atoms with E-state index in [9.17, 15) is 5.11 Å². The van der Waals surface area contributed by atoms with Gasteiger partial charge in [-0.15, -0.1) is 11.8 Å². The fourth-order valence-electron chi connectivity index (χ4n) is 4.33. The quantitative estimate of drug-likeness (QED) is 0.404. The van der Waals surface area contributed by atoms with E-state index in [2.05, 4.69) is 55.5 Å². The number of rotatable bonds is 4. The minimum Gasteiger partial charge on any atom is -0.476 e. The number of fused-ring (bicyclic) bond motifs is 1. The average Bonchev–Trinajstić information content (AvgIpc) is 2.83. The van der Waals surface area contributed by atoms with Gasteiger partial charge < -0.3 is 9.84 Å². The molecule has 0 saturated carbocycles. The van der Waals surface area contributed by atoms with E-state index < -0.39 is 11.7 Å². The Balaban J connectivity index is 1.75. The summed E-state index contributed by atoms with van der Waals surface area (Å²) in [5.41, 5.74) is 3.26. The van der Waals surface area contributed by atoms with Gasteiger partial charge in [0.2, 0.25) is 0 Å². The van der Waals surface area contributed by atoms with Crippen molar-refractivity contribution >= 4 is 11.8 Å². The van der Waals surface area contributed by atoms with Crippen LogP contribution in [-0.4, -0.2) is 10.4 Å². The Labute approximate surface area is 187 Å². The fourth-order valence-corrected chi connectivity index (χ4v) is 5.68. The van der Waals surface area contributed by atoms with Crippen molar-refractivity contribution in [3.05, 3.63) is 131 Å². The first-order valence-electron chi connectivity index (χ1n) is 10.5. The average molecular weight is 425 g/mol. The third-order valence-electron chi connectivity index (χ3n) is 5.89. The van der Waals surface area contributed by atoms with Gasteiger partial charge in [-0.05, 0) is 25.1 Å². The van der Waals surface area contributed by atoms with Gasteiger partial charge in [0, 0.05) is 21.6 Å². The summed E-state index contributed by atoms with van der Waals surface area (Å²) in [5, 5.41) is 11.4. The number of aliphatic hydroxyl groups is 1. The smallest absolute Gasteiger partial charge is 0.174 e. The van der Waals surface area contributed by atoms with Crippen molar-refractivity contribution in [2.75, 3.05) is 0 Å². The first kappa shape index (κ1) is 19.9. The summed E-state index contributed by atoms with van der Waals surface area (Å²) in [6, 6.07) is 36.8. The summed E-state index contributed by atoms with van der Waals surface area (Å²) >= 11 is 1.67. The molecule has 4 aromatic carbocycles. The summed E-state index contributed by atoms with van der Waals surface area (Å²) in [6.07, 6.45) is -0.698. The Morgan fingerprint density at radius 1 is 0.710 bits per heavy atom. The van der Waals surface area contributed by atoms with Crippen LogP contribution in [0.5, 0.6) is 5.75 Å². The molecule has 0 spiro atoms. The van der Waals surface area contributed by atoms with E-state index in [0.29, 0.717) is 0 Å². The van der Waals surface area contributed by atoms with Gasteiger partial charge in [0.15, 0.2) is 5.60 Å². The molecule has 0 fully saturated rings. The second kappa shape index (κ2) is 8.26. The standard InChI is InChI=1S/C28H24O2S/c1-20-16-18-23(19-17-20)31-27-26(29)24-14-8-9-15-25(24)30-28(27,21-10-4-2-5-11-21)22-12-6-3-7-13-22/h2-19,26-27,29H,1H3/t26-,27+/m0/s1. The van der Waals surface area contributed by atoms with Crippen molar-refractivity contribution in [2.24, 2.45) is 0 Å². The number of thioether (sulfide) groups is 1. The maximum atomic E-state index is 11.7. The molecular weight excluding hydrogens is 400 g/mol. The van der Waals surface area contributed by atoms with E-state index >= 15 is 0 Å². The van der Waals surface area contributed by atoms with Crippen LogP contribution in [0.1, 0.15) is 28.4 Å². The molecule has 31 heavy (non-hydrogen) atoms. The minimum absolute atomic E-state index is 0.282. The number of ether oxygens (including phenoxy) is 1. The van der Waals surface area contributed by atoms with Gasteiger partial charge in [-0.2, -0.15) is 0 Å². The lowest BCUT2D eigenvalue weighted by Gasteiger charge is -2.47. The van der Waals surface area contributed by atoms with Gasteiger partial charge >= 0.3 is 0 Å². The molecular formula is C28H24O2S. The molecule has 1 heterocycles. The van der Waals surface area contributed by atoms with Gasteiger partial charge in [-0.1, -0.05) is 96.6 Å². The second-order valence-electron chi connectivity index (χ2n) is 7.90. The molecule has 0 radical (unpaired) electrons. The van der Waals surface area contributed by atoms with Gasteiger partial charge in [0.25, 0.3) is 0 Å². The fraction of sp³-hybridized carbons (Fsp3) is 0.143. The lowest BCUT2D eigenvalue weighted by Crippen LogP contribution is -2.50. The molecule has 1 aliphatic heterocycles. The molecule has 0 amide bonds. The van der Waals surface area contributed by atoms with E-state index in [4.69, 9.17) is 4.74 Å². The zero-order valence-corrected chi connectivity index (χ0v) is 18.1. The van der Waals surface area contributed by atoms with E-state index in [1.807, 2.05) is 60.7 Å². The topological polar surface area (TPSA) is 29.5 Å². The number of hydrogen-bond acceptors (Lipinski definition) is 3. The molecule has 154 valence electrons. The molecule has 4 aromatic rings. The minimum atomic E-state index is -0.841. The van der Waals surface area contributed by atoms with Gasteiger partial charge in [-0.25, -0.2) is 0 Å². The predicted octanol–water partition coefficient (Wildman–Crippen LogP) is 6.53. The summed E-state index contributed by atoms with van der Waals surface area (Å²) in [5.74, 6) is 0.725. The third kappa shape index (κ3) is 3.54. The molecule has 2 nitrogen and oxygen atoms in total. The van der Waals surface area contributed by atoms with Crippen LogP contribution >= 0.6 is 11.8 Å². The molecule has 0 bridgehead atoms. The van der Waals surface area contributed by atoms with Crippen molar-refractivity contribution in [1.29, 1.82) is 0 Å². The number of benzene rings is 4. The summed E-state index contributed by atoms with van der Waals surface area (Å²) in [4.78, 5) is 1.11. The van der Waals surface area contributed by atoms with Crippen LogP contribution in [0, 0.1) is 6.92 Å². The molecule has 2 atom stereocenters. The highest BCUT2D eigenvalue weighted by Gasteiger charge is 2.52. The van der Waals surface area contributed by atoms with Gasteiger partial charge in [0.1, 0.15) is 5.75 Å². The van der Waals surface area contributed by atoms with E-state index in [1.54, 1.807) is 11.8 Å². The molecule has 0 aromatic heterocycles. The maximum absolute atomic E-state index is 11.7. The second-order valence-corrected chi connectivity index (χ2v) is 9.12. The third-order valence-corrected chi connectivity index (χ3v) is 7.27. The van der Waals surface area contributed by atoms with Crippen LogP contribution in [0.15, 0.2) is 114 Å². The van der Waals surface area contributed by atoms with Crippen LogP contribution in [0.3, 0.4) is 0 Å². The lowest BCUT2D eigenvalue weighted by atomic mass is 9.78. The maximum Gasteiger partial charge on any atom is 0.174 e. The Bertz CT molecular complexity index is 1120. The SMILES string of the molecule is Cc1ccc(S[C@@H]2[C@@H](O)c3ccccc3OC2(c2ccccc2)c2ccccc2)cc1. The van der Waals surface area contributed by atoms with Crippen LogP contribution in [-0.2, 0) is 5.60 Å². The van der Waals surface area contributed by atoms with E-state index in [-0.39, 0.29) is 5.25 Å². The van der Waals surface area contributed by atoms with E-state index in [0.717, 1.165) is 27.3 Å². The van der Waals surface area contributed by atoms with Crippen LogP contribution in [0.4, 0.5) is 0 Å². The van der Waals surface area contributed by atoms with Crippen LogP contribution in [0.25, 0.3) is 0 Å². The van der Waals surface area contributed by atoms with Crippen molar-refractivity contribution in [3.8, 4) is 5.75 Å². The molecule has 0 unspecified atom stereocenters. The molecule has 0 aliphatic carbocycles. The highest BCUT2D eigenvalue weighted by atomic mass is 32.2. The number of hydrogen-bond donors (Lipinski definition) is 1. The molecule has 1 aliphatic rings. The zero-order valence-electron chi connectivity index (χ0n) is 17.3. The molecule has 0 saturated heterocycles. The lowest BCUT2D eigenvalue weighted by molar-refractivity contribution is 0.0191. The van der Waals surface area contributed by atoms with Gasteiger partial charge in [-0.3, -0.25) is 0 Å².